The summed E-state index contributed by atoms with van der Waals surface area (Å²) in [5, 5.41) is 34.6. The van der Waals surface area contributed by atoms with Gasteiger partial charge in [0, 0.05) is 27.6 Å². The van der Waals surface area contributed by atoms with Crippen LogP contribution in [-0.2, 0) is 26.8 Å². The van der Waals surface area contributed by atoms with Crippen LogP contribution in [0.2, 0.25) is 0 Å². The van der Waals surface area contributed by atoms with Gasteiger partial charge in [-0.15, -0.1) is 0 Å². The fraction of sp³-hybridized carbons (Fsp3) is 0.810. The van der Waals surface area contributed by atoms with Crippen molar-refractivity contribution in [2.24, 2.45) is 29.1 Å². The van der Waals surface area contributed by atoms with Crippen LogP contribution < -0.4 is 0 Å². The molecule has 1 aromatic carbocycles. The molecule has 0 aliphatic carbocycles. The van der Waals surface area contributed by atoms with Gasteiger partial charge in [-0.05, 0) is 147 Å². The van der Waals surface area contributed by atoms with Gasteiger partial charge in [-0.3, -0.25) is 19.4 Å². The largest absolute Gasteiger partial charge is 0.507 e. The number of aliphatic carboxylic acids is 2. The zero-order valence-corrected chi connectivity index (χ0v) is 34.3. The third kappa shape index (κ3) is 7.73. The van der Waals surface area contributed by atoms with E-state index in [1.54, 1.807) is 0 Å². The van der Waals surface area contributed by atoms with Gasteiger partial charge in [0.1, 0.15) is 5.75 Å². The number of carbonyl (C=O) groups is 2. The van der Waals surface area contributed by atoms with Crippen molar-refractivity contribution in [3.05, 3.63) is 28.8 Å². The van der Waals surface area contributed by atoms with E-state index < -0.39 is 23.3 Å². The Morgan fingerprint density at radius 2 is 1.16 bits per heavy atom. The highest BCUT2D eigenvalue weighted by Gasteiger charge is 2.63. The molecule has 3 rings (SSSR count). The maximum Gasteiger partial charge on any atom is 0.318 e. The van der Waals surface area contributed by atoms with Crippen molar-refractivity contribution in [2.75, 3.05) is 14.1 Å². The molecular weight excluding hydrogens is 612 g/mol. The number of hydrogen-bond donors (Lipinski definition) is 3. The van der Waals surface area contributed by atoms with E-state index in [0.717, 1.165) is 24.0 Å². The average Bonchev–Trinajstić information content (AvgIpc) is 2.89. The summed E-state index contributed by atoms with van der Waals surface area (Å²) >= 11 is 0. The molecule has 280 valence electrons. The molecule has 3 N–H and O–H groups in total. The first-order chi connectivity index (χ1) is 21.9. The van der Waals surface area contributed by atoms with Crippen molar-refractivity contribution >= 4 is 11.9 Å². The zero-order chi connectivity index (χ0) is 38.1. The van der Waals surface area contributed by atoms with Crippen LogP contribution in [0, 0.1) is 29.1 Å². The van der Waals surface area contributed by atoms with Gasteiger partial charge >= 0.3 is 11.9 Å². The lowest BCUT2D eigenvalue weighted by Gasteiger charge is -2.63. The lowest BCUT2D eigenvalue weighted by Crippen LogP contribution is -2.66. The number of carboxylic acids is 2. The molecule has 0 bridgehead atoms. The predicted molar refractivity (Wildman–Crippen MR) is 201 cm³/mol. The molecule has 0 radical (unpaired) electrons. The number of likely N-dealkylation sites (tertiary alicyclic amines) is 2. The van der Waals surface area contributed by atoms with Gasteiger partial charge in [0.15, 0.2) is 5.92 Å². The Morgan fingerprint density at radius 1 is 0.755 bits per heavy atom. The molecule has 7 heteroatoms. The van der Waals surface area contributed by atoms with Crippen LogP contribution in [0.15, 0.2) is 12.1 Å². The van der Waals surface area contributed by atoms with E-state index in [2.05, 4.69) is 140 Å². The van der Waals surface area contributed by atoms with Crippen molar-refractivity contribution < 1.29 is 24.9 Å². The standard InChI is InChI=1S/C42H72N2O5/c1-18-30(27-21-38(8,9)43(16)39(10,11)22-27)42(32(34(46)47)35(48)49,29-24-40(12,13)44(17)41(14,15)25-29)23-26-19-28(36(2,3)4)20-31(33(26)45)37(5,6)7/h19-20,27,29-30,32,45H,18,21-25H2,1-17H3,(H,46,47)(H,48,49). The second-order valence-corrected chi connectivity index (χ2v) is 20.6. The number of benzene rings is 1. The van der Waals surface area contributed by atoms with Gasteiger partial charge < -0.3 is 15.3 Å². The van der Waals surface area contributed by atoms with Crippen LogP contribution in [0.5, 0.6) is 5.75 Å². The van der Waals surface area contributed by atoms with Crippen LogP contribution in [0.25, 0.3) is 0 Å². The smallest absolute Gasteiger partial charge is 0.318 e. The summed E-state index contributed by atoms with van der Waals surface area (Å²) in [7, 11) is 4.31. The molecular formula is C42H72N2O5. The Labute approximate surface area is 299 Å². The summed E-state index contributed by atoms with van der Waals surface area (Å²) in [5.41, 5.74) is -0.256. The monoisotopic (exact) mass is 685 g/mol. The first-order valence-electron chi connectivity index (χ1n) is 18.7. The van der Waals surface area contributed by atoms with E-state index >= 15 is 0 Å². The van der Waals surface area contributed by atoms with Crippen molar-refractivity contribution in [1.29, 1.82) is 0 Å². The minimum absolute atomic E-state index is 0.0771. The summed E-state index contributed by atoms with van der Waals surface area (Å²) in [5.74, 6) is -4.44. The van der Waals surface area contributed by atoms with Crippen LogP contribution in [-0.4, -0.2) is 73.3 Å². The van der Waals surface area contributed by atoms with Crippen LogP contribution in [0.3, 0.4) is 0 Å². The van der Waals surface area contributed by atoms with Crippen molar-refractivity contribution in [1.82, 2.24) is 9.80 Å². The molecule has 0 saturated carbocycles. The average molecular weight is 685 g/mol. The quantitative estimate of drug-likeness (QED) is 0.223. The lowest BCUT2D eigenvalue weighted by molar-refractivity contribution is -0.181. The second-order valence-electron chi connectivity index (χ2n) is 20.6. The normalized spacial score (nSPS) is 24.0. The predicted octanol–water partition coefficient (Wildman–Crippen LogP) is 9.13. The number of phenols is 1. The fourth-order valence-electron chi connectivity index (χ4n) is 10.5. The third-order valence-electron chi connectivity index (χ3n) is 13.5. The van der Waals surface area contributed by atoms with Gasteiger partial charge in [-0.1, -0.05) is 67.0 Å². The topological polar surface area (TPSA) is 101 Å². The van der Waals surface area contributed by atoms with Gasteiger partial charge in [0.25, 0.3) is 0 Å². The van der Waals surface area contributed by atoms with Gasteiger partial charge in [-0.25, -0.2) is 0 Å². The second kappa shape index (κ2) is 13.1. The van der Waals surface area contributed by atoms with E-state index in [0.29, 0.717) is 24.8 Å². The lowest BCUT2D eigenvalue weighted by atomic mass is 9.47. The van der Waals surface area contributed by atoms with Crippen molar-refractivity contribution in [3.63, 3.8) is 0 Å². The first kappa shape index (κ1) is 41.3. The van der Waals surface area contributed by atoms with Crippen LogP contribution >= 0.6 is 0 Å². The van der Waals surface area contributed by atoms with Crippen LogP contribution in [0.1, 0.15) is 153 Å². The molecule has 49 heavy (non-hydrogen) atoms. The van der Waals surface area contributed by atoms with Gasteiger partial charge in [-0.2, -0.15) is 0 Å². The molecule has 0 amide bonds. The third-order valence-corrected chi connectivity index (χ3v) is 13.5. The Hall–Kier alpha value is -2.12. The minimum Gasteiger partial charge on any atom is -0.507 e. The summed E-state index contributed by atoms with van der Waals surface area (Å²) in [6, 6.07) is 4.15. The summed E-state index contributed by atoms with van der Waals surface area (Å²) in [6.07, 6.45) is 3.81. The molecule has 2 atom stereocenters. The maximum absolute atomic E-state index is 13.7. The van der Waals surface area contributed by atoms with Gasteiger partial charge in [0.05, 0.1) is 0 Å². The number of rotatable bonds is 9. The molecule has 0 spiro atoms. The molecule has 0 aromatic heterocycles. The molecule has 1 aromatic rings. The van der Waals surface area contributed by atoms with E-state index in [1.165, 1.54) is 0 Å². The Kier molecular flexibility index (Phi) is 11.1. The highest BCUT2D eigenvalue weighted by Crippen LogP contribution is 2.61. The molecule has 2 saturated heterocycles. The number of phenolic OH excluding ortho intramolecular Hbond substituents is 1. The zero-order valence-electron chi connectivity index (χ0n) is 34.3. The molecule has 7 nitrogen and oxygen atoms in total. The Morgan fingerprint density at radius 3 is 1.51 bits per heavy atom. The van der Waals surface area contributed by atoms with E-state index in [4.69, 9.17) is 0 Å². The van der Waals surface area contributed by atoms with E-state index in [9.17, 15) is 24.9 Å². The number of aromatic hydroxyl groups is 1. The molecule has 2 aliphatic heterocycles. The number of piperidine rings is 2. The van der Waals surface area contributed by atoms with Crippen molar-refractivity contribution in [3.8, 4) is 5.75 Å². The van der Waals surface area contributed by atoms with Crippen molar-refractivity contribution in [2.45, 2.75) is 175 Å². The molecule has 2 fully saturated rings. The first-order valence-corrected chi connectivity index (χ1v) is 18.7. The Balaban J connectivity index is 2.57. The number of nitrogens with zero attached hydrogens (tertiary/aromatic N) is 2. The van der Waals surface area contributed by atoms with Crippen LogP contribution in [0.4, 0.5) is 0 Å². The number of hydrogen-bond acceptors (Lipinski definition) is 5. The van der Waals surface area contributed by atoms with Gasteiger partial charge in [0.2, 0.25) is 0 Å². The summed E-state index contributed by atoms with van der Waals surface area (Å²) in [4.78, 5) is 32.2. The highest BCUT2D eigenvalue weighted by atomic mass is 16.4. The Bertz CT molecular complexity index is 1340. The fourth-order valence-corrected chi connectivity index (χ4v) is 10.5. The SMILES string of the molecule is CCC(C1CC(C)(C)N(C)C(C)(C)C1)C(Cc1cc(C(C)(C)C)cc(C(C)(C)C)c1O)(C1CC(C)(C)N(C)C(C)(C)C1)C(C(=O)O)C(=O)O. The summed E-state index contributed by atoms with van der Waals surface area (Å²) in [6.45, 7) is 32.7. The molecule has 2 aliphatic rings. The minimum atomic E-state index is -1.65. The van der Waals surface area contributed by atoms with E-state index in [-0.39, 0.29) is 62.9 Å². The highest BCUT2D eigenvalue weighted by molar-refractivity contribution is 5.94. The molecule has 2 heterocycles. The van der Waals surface area contributed by atoms with E-state index in [1.807, 2.05) is 0 Å². The molecule has 2 unspecified atom stereocenters. The number of carboxylic acid groups (broad SMARTS) is 2. The maximum atomic E-state index is 13.7. The summed E-state index contributed by atoms with van der Waals surface area (Å²) < 4.78 is 0.